The van der Waals surface area contributed by atoms with Crippen molar-refractivity contribution in [2.45, 2.75) is 129 Å². The highest BCUT2D eigenvalue weighted by atomic mass is 19.4. The first-order valence-corrected chi connectivity index (χ1v) is 14.4. The number of carbonyl (C=O) groups is 2. The minimum absolute atomic E-state index is 0.202. The third-order valence-electron chi connectivity index (χ3n) is 6.74. The van der Waals surface area contributed by atoms with Crippen LogP contribution in [0.1, 0.15) is 133 Å². The molecule has 0 aliphatic heterocycles. The lowest BCUT2D eigenvalue weighted by Gasteiger charge is -2.21. The van der Waals surface area contributed by atoms with Gasteiger partial charge in [-0.05, 0) is 30.5 Å². The van der Waals surface area contributed by atoms with Crippen LogP contribution in [0.3, 0.4) is 0 Å². The molecule has 0 heterocycles. The standard InChI is InChI=1S/C30H47F4NO3/c1-4-5-6-7-8-9-10-11-12-13-14-15-16-17-18-21-38-29(37)27(23(2)3)35-28(36)25-22-24(30(32,33)34)19-20-26(25)31/h19-20,22-23,27H,4-18,21H2,1-3H3,(H,35,36). The second-order valence-corrected chi connectivity index (χ2v) is 10.5. The largest absolute Gasteiger partial charge is 0.464 e. The molecule has 1 rings (SSSR count). The van der Waals surface area contributed by atoms with Crippen LogP contribution in [0.5, 0.6) is 0 Å². The van der Waals surface area contributed by atoms with Gasteiger partial charge in [0.25, 0.3) is 5.91 Å². The normalized spacial score (nSPS) is 12.5. The fourth-order valence-corrected chi connectivity index (χ4v) is 4.33. The molecule has 218 valence electrons. The molecule has 0 saturated heterocycles. The lowest BCUT2D eigenvalue weighted by molar-refractivity contribution is -0.147. The Balaban J connectivity index is 2.23. The van der Waals surface area contributed by atoms with Crippen LogP contribution in [-0.2, 0) is 15.7 Å². The Morgan fingerprint density at radius 1 is 0.816 bits per heavy atom. The summed E-state index contributed by atoms with van der Waals surface area (Å²) in [5, 5.41) is 2.34. The Kier molecular flexibility index (Phi) is 17.0. The Bertz CT molecular complexity index is 811. The summed E-state index contributed by atoms with van der Waals surface area (Å²) in [5.41, 5.74) is -1.90. The Labute approximate surface area is 226 Å². The molecule has 0 fully saturated rings. The SMILES string of the molecule is CCCCCCCCCCCCCCCCCOC(=O)C(NC(=O)c1cc(C(F)(F)F)ccc1F)C(C)C. The molecule has 0 aliphatic rings. The molecule has 0 radical (unpaired) electrons. The van der Waals surface area contributed by atoms with Gasteiger partial charge >= 0.3 is 12.1 Å². The van der Waals surface area contributed by atoms with Crippen LogP contribution in [0, 0.1) is 11.7 Å². The smallest absolute Gasteiger partial charge is 0.416 e. The maximum absolute atomic E-state index is 14.0. The van der Waals surface area contributed by atoms with Gasteiger partial charge in [-0.2, -0.15) is 13.2 Å². The lowest BCUT2D eigenvalue weighted by atomic mass is 10.0. The van der Waals surface area contributed by atoms with Gasteiger partial charge in [-0.1, -0.05) is 111 Å². The molecular weight excluding hydrogens is 498 g/mol. The van der Waals surface area contributed by atoms with Crippen molar-refractivity contribution in [1.29, 1.82) is 0 Å². The van der Waals surface area contributed by atoms with Crippen molar-refractivity contribution >= 4 is 11.9 Å². The first-order chi connectivity index (χ1) is 18.1. The lowest BCUT2D eigenvalue weighted by Crippen LogP contribution is -2.45. The number of halogens is 4. The fourth-order valence-electron chi connectivity index (χ4n) is 4.33. The van der Waals surface area contributed by atoms with Gasteiger partial charge in [0.1, 0.15) is 11.9 Å². The maximum Gasteiger partial charge on any atom is 0.416 e. The molecule has 1 atom stereocenters. The third-order valence-corrected chi connectivity index (χ3v) is 6.74. The van der Waals surface area contributed by atoms with E-state index in [4.69, 9.17) is 4.74 Å². The summed E-state index contributed by atoms with van der Waals surface area (Å²) in [6.45, 7) is 5.78. The minimum atomic E-state index is -4.72. The van der Waals surface area contributed by atoms with Crippen LogP contribution >= 0.6 is 0 Å². The summed E-state index contributed by atoms with van der Waals surface area (Å²) in [5.74, 6) is -3.24. The summed E-state index contributed by atoms with van der Waals surface area (Å²) >= 11 is 0. The zero-order valence-corrected chi connectivity index (χ0v) is 23.4. The predicted octanol–water partition coefficient (Wildman–Crippen LogP) is 9.01. The zero-order chi connectivity index (χ0) is 28.4. The number of ether oxygens (including phenoxy) is 1. The van der Waals surface area contributed by atoms with Crippen LogP contribution in [0.25, 0.3) is 0 Å². The molecule has 1 N–H and O–H groups in total. The van der Waals surface area contributed by atoms with E-state index in [0.29, 0.717) is 24.6 Å². The molecule has 38 heavy (non-hydrogen) atoms. The molecule has 0 aromatic heterocycles. The Morgan fingerprint density at radius 2 is 1.29 bits per heavy atom. The van der Waals surface area contributed by atoms with Gasteiger partial charge in [0, 0.05) is 0 Å². The second kappa shape index (κ2) is 19.0. The van der Waals surface area contributed by atoms with E-state index in [2.05, 4.69) is 12.2 Å². The molecule has 1 amide bonds. The molecule has 0 saturated carbocycles. The van der Waals surface area contributed by atoms with Crippen molar-refractivity contribution in [2.75, 3.05) is 6.61 Å². The van der Waals surface area contributed by atoms with Crippen molar-refractivity contribution in [3.05, 3.63) is 35.1 Å². The van der Waals surface area contributed by atoms with Gasteiger partial charge in [-0.25, -0.2) is 9.18 Å². The first kappa shape index (κ1) is 33.9. The summed E-state index contributed by atoms with van der Waals surface area (Å²) in [6, 6.07) is 0.519. The molecule has 4 nitrogen and oxygen atoms in total. The average molecular weight is 546 g/mol. The van der Waals surface area contributed by atoms with E-state index in [1.165, 1.54) is 70.6 Å². The zero-order valence-electron chi connectivity index (χ0n) is 23.4. The molecule has 8 heteroatoms. The van der Waals surface area contributed by atoms with Crippen LogP contribution in [0.15, 0.2) is 18.2 Å². The van der Waals surface area contributed by atoms with Crippen molar-refractivity contribution in [3.8, 4) is 0 Å². The van der Waals surface area contributed by atoms with E-state index in [-0.39, 0.29) is 12.5 Å². The molecule has 0 spiro atoms. The number of alkyl halides is 3. The second-order valence-electron chi connectivity index (χ2n) is 10.5. The number of nitrogens with one attached hydrogen (secondary N) is 1. The number of hydrogen-bond donors (Lipinski definition) is 1. The topological polar surface area (TPSA) is 55.4 Å². The number of benzene rings is 1. The number of carbonyl (C=O) groups excluding carboxylic acids is 2. The van der Waals surface area contributed by atoms with Gasteiger partial charge in [0.2, 0.25) is 0 Å². The number of hydrogen-bond acceptors (Lipinski definition) is 3. The van der Waals surface area contributed by atoms with E-state index in [9.17, 15) is 27.2 Å². The van der Waals surface area contributed by atoms with Gasteiger partial charge in [0.15, 0.2) is 0 Å². The predicted molar refractivity (Wildman–Crippen MR) is 143 cm³/mol. The fraction of sp³-hybridized carbons (Fsp3) is 0.733. The summed E-state index contributed by atoms with van der Waals surface area (Å²) in [6.07, 6.45) is 13.6. The monoisotopic (exact) mass is 545 g/mol. The average Bonchev–Trinajstić information content (AvgIpc) is 2.86. The van der Waals surface area contributed by atoms with Crippen LogP contribution in [-0.4, -0.2) is 24.5 Å². The Hall–Kier alpha value is -2.12. The van der Waals surface area contributed by atoms with E-state index in [1.807, 2.05) is 0 Å². The molecule has 1 aromatic rings. The van der Waals surface area contributed by atoms with Gasteiger partial charge in [-0.15, -0.1) is 0 Å². The van der Waals surface area contributed by atoms with E-state index in [1.54, 1.807) is 13.8 Å². The quantitative estimate of drug-likeness (QED) is 0.101. The molecule has 1 unspecified atom stereocenters. The number of esters is 1. The van der Waals surface area contributed by atoms with E-state index in [0.717, 1.165) is 19.3 Å². The third kappa shape index (κ3) is 14.1. The summed E-state index contributed by atoms with van der Waals surface area (Å²) < 4.78 is 58.1. The molecular formula is C30H47F4NO3. The maximum atomic E-state index is 14.0. The summed E-state index contributed by atoms with van der Waals surface area (Å²) in [4.78, 5) is 25.0. The van der Waals surface area contributed by atoms with Gasteiger partial charge < -0.3 is 10.1 Å². The van der Waals surface area contributed by atoms with E-state index < -0.39 is 41.0 Å². The number of rotatable bonds is 20. The van der Waals surface area contributed by atoms with Crippen molar-refractivity contribution in [3.63, 3.8) is 0 Å². The van der Waals surface area contributed by atoms with Crippen LogP contribution < -0.4 is 5.32 Å². The summed E-state index contributed by atoms with van der Waals surface area (Å²) in [7, 11) is 0. The van der Waals surface area contributed by atoms with Crippen molar-refractivity contribution < 1.29 is 31.9 Å². The van der Waals surface area contributed by atoms with Crippen molar-refractivity contribution in [2.24, 2.45) is 5.92 Å². The highest BCUT2D eigenvalue weighted by molar-refractivity contribution is 5.97. The molecule has 1 aromatic carbocycles. The van der Waals surface area contributed by atoms with Gasteiger partial charge in [0.05, 0.1) is 17.7 Å². The highest BCUT2D eigenvalue weighted by Crippen LogP contribution is 2.30. The van der Waals surface area contributed by atoms with Crippen LogP contribution in [0.2, 0.25) is 0 Å². The van der Waals surface area contributed by atoms with Crippen molar-refractivity contribution in [1.82, 2.24) is 5.32 Å². The highest BCUT2D eigenvalue weighted by Gasteiger charge is 2.33. The molecule has 0 aliphatic carbocycles. The molecule has 0 bridgehead atoms. The first-order valence-electron chi connectivity index (χ1n) is 14.4. The van der Waals surface area contributed by atoms with Crippen LogP contribution in [0.4, 0.5) is 17.6 Å². The number of unbranched alkanes of at least 4 members (excludes halogenated alkanes) is 14. The van der Waals surface area contributed by atoms with Gasteiger partial charge in [-0.3, -0.25) is 4.79 Å². The number of amides is 1. The Morgan fingerprint density at radius 3 is 1.74 bits per heavy atom. The minimum Gasteiger partial charge on any atom is -0.464 e. The van der Waals surface area contributed by atoms with E-state index >= 15 is 0 Å².